The van der Waals surface area contributed by atoms with E-state index in [4.69, 9.17) is 4.74 Å². The van der Waals surface area contributed by atoms with Crippen molar-refractivity contribution in [2.45, 2.75) is 12.8 Å². The molecule has 1 aromatic carbocycles. The van der Waals surface area contributed by atoms with Gasteiger partial charge in [0.25, 0.3) is 5.91 Å². The number of fused-ring (bicyclic) bond motifs is 1. The zero-order valence-electron chi connectivity index (χ0n) is 14.5. The molecule has 3 rings (SSSR count). The number of hydrogen-bond acceptors (Lipinski definition) is 5. The van der Waals surface area contributed by atoms with Gasteiger partial charge >= 0.3 is 5.97 Å². The van der Waals surface area contributed by atoms with Gasteiger partial charge in [-0.15, -0.1) is 0 Å². The first kappa shape index (κ1) is 17.8. The molecule has 136 valence electrons. The summed E-state index contributed by atoms with van der Waals surface area (Å²) in [7, 11) is 1.58. The van der Waals surface area contributed by atoms with E-state index in [1.54, 1.807) is 31.3 Å². The van der Waals surface area contributed by atoms with Crippen molar-refractivity contribution in [1.29, 1.82) is 0 Å². The van der Waals surface area contributed by atoms with Crippen LogP contribution in [0.25, 0.3) is 0 Å². The summed E-state index contributed by atoms with van der Waals surface area (Å²) in [5, 5.41) is 0. The van der Waals surface area contributed by atoms with Gasteiger partial charge in [0, 0.05) is 12.7 Å². The second-order valence-corrected chi connectivity index (χ2v) is 6.37. The van der Waals surface area contributed by atoms with Crippen LogP contribution in [-0.4, -0.2) is 48.8 Å². The molecule has 0 aromatic heterocycles. The van der Waals surface area contributed by atoms with Crippen molar-refractivity contribution in [3.63, 3.8) is 0 Å². The van der Waals surface area contributed by atoms with Crippen LogP contribution in [0.5, 0.6) is 0 Å². The lowest BCUT2D eigenvalue weighted by atomic mass is 9.85. The number of para-hydroxylation sites is 1. The smallest absolute Gasteiger partial charge is 0.326 e. The number of amides is 3. The average molecular weight is 356 g/mol. The molecule has 7 nitrogen and oxygen atoms in total. The number of rotatable bonds is 5. The first-order valence-electron chi connectivity index (χ1n) is 8.46. The van der Waals surface area contributed by atoms with E-state index in [0.29, 0.717) is 18.5 Å². The van der Waals surface area contributed by atoms with E-state index in [2.05, 4.69) is 0 Å². The number of hydrogen-bond donors (Lipinski definition) is 0. The third-order valence-electron chi connectivity index (χ3n) is 4.76. The maximum Gasteiger partial charge on any atom is 0.326 e. The van der Waals surface area contributed by atoms with Gasteiger partial charge in [-0.25, -0.2) is 0 Å². The molecule has 1 saturated heterocycles. The summed E-state index contributed by atoms with van der Waals surface area (Å²) in [6.45, 7) is -0.901. The molecule has 0 bridgehead atoms. The fourth-order valence-electron chi connectivity index (χ4n) is 3.23. The van der Waals surface area contributed by atoms with E-state index in [1.807, 2.05) is 18.2 Å². The van der Waals surface area contributed by atoms with Crippen LogP contribution in [0.3, 0.4) is 0 Å². The van der Waals surface area contributed by atoms with Gasteiger partial charge in [-0.2, -0.15) is 0 Å². The molecule has 2 atom stereocenters. The summed E-state index contributed by atoms with van der Waals surface area (Å²) in [6.07, 6.45) is 4.79. The molecule has 7 heteroatoms. The summed E-state index contributed by atoms with van der Waals surface area (Å²) in [4.78, 5) is 51.1. The van der Waals surface area contributed by atoms with Crippen LogP contribution in [0.4, 0.5) is 5.69 Å². The van der Waals surface area contributed by atoms with E-state index in [0.717, 1.165) is 4.90 Å². The minimum absolute atomic E-state index is 0.339. The van der Waals surface area contributed by atoms with Crippen molar-refractivity contribution in [3.05, 3.63) is 42.5 Å². The SMILES string of the molecule is CN(C(=O)COC(=O)CN1C(=O)[C@H]2CC=CC[C@H]2C1=O)c1ccccc1. The first-order valence-corrected chi connectivity index (χ1v) is 8.46. The second-order valence-electron chi connectivity index (χ2n) is 6.37. The van der Waals surface area contributed by atoms with E-state index < -0.39 is 25.0 Å². The van der Waals surface area contributed by atoms with Crippen molar-refractivity contribution < 1.29 is 23.9 Å². The zero-order valence-corrected chi connectivity index (χ0v) is 14.5. The van der Waals surface area contributed by atoms with Gasteiger partial charge in [0.15, 0.2) is 6.61 Å². The third kappa shape index (κ3) is 3.51. The number of ether oxygens (including phenoxy) is 1. The van der Waals surface area contributed by atoms with E-state index in [1.165, 1.54) is 4.90 Å². The molecular formula is C19H20N2O5. The Hall–Kier alpha value is -2.96. The van der Waals surface area contributed by atoms with Crippen LogP contribution in [0.1, 0.15) is 12.8 Å². The zero-order chi connectivity index (χ0) is 18.7. The first-order chi connectivity index (χ1) is 12.5. The Labute approximate surface area is 151 Å². The number of benzene rings is 1. The van der Waals surface area contributed by atoms with Crippen LogP contribution in [0.15, 0.2) is 42.5 Å². The lowest BCUT2D eigenvalue weighted by molar-refractivity contribution is -0.154. The highest BCUT2D eigenvalue weighted by atomic mass is 16.5. The quantitative estimate of drug-likeness (QED) is 0.449. The van der Waals surface area contributed by atoms with E-state index in [-0.39, 0.29) is 23.7 Å². The molecule has 1 aliphatic heterocycles. The molecular weight excluding hydrogens is 336 g/mol. The number of likely N-dealkylation sites (tertiary alicyclic amines) is 1. The molecule has 0 saturated carbocycles. The van der Waals surface area contributed by atoms with Crippen molar-refractivity contribution in [1.82, 2.24) is 4.90 Å². The standard InChI is InChI=1S/C19H20N2O5/c1-20(13-7-3-2-4-8-13)16(22)12-26-17(23)11-21-18(24)14-9-5-6-10-15(14)19(21)25/h2-8,14-15H,9-12H2,1H3/t14-,15+. The lowest BCUT2D eigenvalue weighted by Crippen LogP contribution is -2.38. The Bertz CT molecular complexity index is 732. The van der Waals surface area contributed by atoms with Gasteiger partial charge in [-0.1, -0.05) is 30.4 Å². The number of anilines is 1. The van der Waals surface area contributed by atoms with E-state index in [9.17, 15) is 19.2 Å². The summed E-state index contributed by atoms with van der Waals surface area (Å²) >= 11 is 0. The Morgan fingerprint density at radius 2 is 1.65 bits per heavy atom. The molecule has 1 aromatic rings. The maximum absolute atomic E-state index is 12.3. The molecule has 0 N–H and O–H groups in total. The van der Waals surface area contributed by atoms with Crippen molar-refractivity contribution >= 4 is 29.4 Å². The average Bonchev–Trinajstić information content (AvgIpc) is 2.91. The number of allylic oxidation sites excluding steroid dienone is 2. The normalized spacial score (nSPS) is 21.5. The highest BCUT2D eigenvalue weighted by Crippen LogP contribution is 2.34. The molecule has 1 fully saturated rings. The Kier molecular flexibility index (Phi) is 5.16. The minimum Gasteiger partial charge on any atom is -0.454 e. The van der Waals surface area contributed by atoms with Gasteiger partial charge in [-0.3, -0.25) is 24.1 Å². The van der Waals surface area contributed by atoms with Crippen molar-refractivity contribution in [2.75, 3.05) is 25.1 Å². The number of nitrogens with zero attached hydrogens (tertiary/aromatic N) is 2. The summed E-state index contributed by atoms with van der Waals surface area (Å²) in [5.41, 5.74) is 0.676. The Balaban J connectivity index is 1.52. The molecule has 0 spiro atoms. The van der Waals surface area contributed by atoms with Gasteiger partial charge in [0.2, 0.25) is 11.8 Å². The Morgan fingerprint density at radius 3 is 2.23 bits per heavy atom. The largest absolute Gasteiger partial charge is 0.454 e. The third-order valence-corrected chi connectivity index (χ3v) is 4.76. The summed E-state index contributed by atoms with van der Waals surface area (Å²) < 4.78 is 4.97. The van der Waals surface area contributed by atoms with Crippen LogP contribution in [-0.2, 0) is 23.9 Å². The minimum atomic E-state index is -0.770. The van der Waals surface area contributed by atoms with Crippen molar-refractivity contribution in [2.24, 2.45) is 11.8 Å². The van der Waals surface area contributed by atoms with Crippen LogP contribution in [0, 0.1) is 11.8 Å². The topological polar surface area (TPSA) is 84.0 Å². The second kappa shape index (κ2) is 7.51. The number of esters is 1. The fraction of sp³-hybridized carbons (Fsp3) is 0.368. The predicted molar refractivity (Wildman–Crippen MR) is 92.9 cm³/mol. The van der Waals surface area contributed by atoms with Gasteiger partial charge in [-0.05, 0) is 25.0 Å². The highest BCUT2D eigenvalue weighted by Gasteiger charge is 2.47. The van der Waals surface area contributed by atoms with Crippen LogP contribution in [0.2, 0.25) is 0 Å². The number of likely N-dealkylation sites (N-methyl/N-ethyl adjacent to an activating group) is 1. The van der Waals surface area contributed by atoms with Crippen LogP contribution < -0.4 is 4.90 Å². The Morgan fingerprint density at radius 1 is 1.08 bits per heavy atom. The number of carbonyl (C=O) groups is 4. The molecule has 26 heavy (non-hydrogen) atoms. The summed E-state index contributed by atoms with van der Waals surface area (Å²) in [5.74, 6) is -2.62. The van der Waals surface area contributed by atoms with Crippen molar-refractivity contribution in [3.8, 4) is 0 Å². The van der Waals surface area contributed by atoms with Crippen LogP contribution >= 0.6 is 0 Å². The number of imide groups is 1. The summed E-state index contributed by atoms with van der Waals surface area (Å²) in [6, 6.07) is 8.95. The maximum atomic E-state index is 12.3. The van der Waals surface area contributed by atoms with Gasteiger partial charge < -0.3 is 9.64 Å². The fourth-order valence-corrected chi connectivity index (χ4v) is 3.23. The molecule has 3 amide bonds. The number of carbonyl (C=O) groups excluding carboxylic acids is 4. The molecule has 1 aliphatic carbocycles. The van der Waals surface area contributed by atoms with Gasteiger partial charge in [0.1, 0.15) is 6.54 Å². The van der Waals surface area contributed by atoms with E-state index >= 15 is 0 Å². The monoisotopic (exact) mass is 356 g/mol. The lowest BCUT2D eigenvalue weighted by Gasteiger charge is -2.18. The molecule has 0 radical (unpaired) electrons. The molecule has 0 unspecified atom stereocenters. The predicted octanol–water partition coefficient (Wildman–Crippen LogP) is 1.14. The highest BCUT2D eigenvalue weighted by molar-refractivity contribution is 6.07. The molecule has 1 heterocycles. The molecule has 2 aliphatic rings. The van der Waals surface area contributed by atoms with Gasteiger partial charge in [0.05, 0.1) is 11.8 Å².